The van der Waals surface area contributed by atoms with Crippen LogP contribution in [-0.4, -0.2) is 54.8 Å². The molecule has 0 radical (unpaired) electrons. The van der Waals surface area contributed by atoms with Crippen LogP contribution in [0.4, 0.5) is 4.79 Å². The van der Waals surface area contributed by atoms with Crippen LogP contribution in [-0.2, 0) is 14.3 Å². The minimum absolute atomic E-state index is 0.0203. The maximum atomic E-state index is 12.0. The summed E-state index contributed by atoms with van der Waals surface area (Å²) in [5.41, 5.74) is -0.944. The zero-order chi connectivity index (χ0) is 15.4. The number of amides is 2. The largest absolute Gasteiger partial charge is 0.444 e. The Bertz CT molecular complexity index is 365. The highest BCUT2D eigenvalue weighted by molar-refractivity contribution is 5.76. The Kier molecular flexibility index (Phi) is 5.39. The summed E-state index contributed by atoms with van der Waals surface area (Å²) in [5.74, 6) is -0.159. The van der Waals surface area contributed by atoms with Crippen molar-refractivity contribution in [3.63, 3.8) is 0 Å². The van der Waals surface area contributed by atoms with Gasteiger partial charge in [-0.05, 0) is 33.6 Å². The molecular formula is C14H26N2O4. The fraction of sp³-hybridized carbons (Fsp3) is 0.857. The van der Waals surface area contributed by atoms with E-state index in [4.69, 9.17) is 9.47 Å². The molecule has 0 spiro atoms. The number of hydrogen-bond donors (Lipinski definition) is 1. The Morgan fingerprint density at radius 2 is 2.00 bits per heavy atom. The van der Waals surface area contributed by atoms with E-state index in [2.05, 4.69) is 5.32 Å². The van der Waals surface area contributed by atoms with Crippen molar-refractivity contribution >= 4 is 12.0 Å². The standard InChI is InChI=1S/C14H26N2O4/c1-6-14(19-9-11(17)15-5)7-8-16(10-14)12(18)20-13(2,3)4/h6-10H2,1-5H3,(H,15,17). The molecule has 0 bridgehead atoms. The van der Waals surface area contributed by atoms with E-state index >= 15 is 0 Å². The maximum absolute atomic E-state index is 12.0. The molecule has 1 fully saturated rings. The molecule has 20 heavy (non-hydrogen) atoms. The molecule has 0 aromatic heterocycles. The van der Waals surface area contributed by atoms with E-state index in [-0.39, 0.29) is 18.6 Å². The highest BCUT2D eigenvalue weighted by Gasteiger charge is 2.41. The summed E-state index contributed by atoms with van der Waals surface area (Å²) in [6, 6.07) is 0. The zero-order valence-corrected chi connectivity index (χ0v) is 13.1. The molecule has 1 heterocycles. The minimum atomic E-state index is -0.502. The van der Waals surface area contributed by atoms with Gasteiger partial charge in [-0.3, -0.25) is 4.79 Å². The van der Waals surface area contributed by atoms with E-state index in [1.165, 1.54) is 0 Å². The van der Waals surface area contributed by atoms with Crippen molar-refractivity contribution in [2.75, 3.05) is 26.7 Å². The van der Waals surface area contributed by atoms with Gasteiger partial charge in [-0.1, -0.05) is 6.92 Å². The lowest BCUT2D eigenvalue weighted by molar-refractivity contribution is -0.132. The maximum Gasteiger partial charge on any atom is 0.410 e. The first kappa shape index (κ1) is 16.8. The third-order valence-corrected chi connectivity index (χ3v) is 3.40. The summed E-state index contributed by atoms with van der Waals surface area (Å²) in [5, 5.41) is 2.53. The smallest absolute Gasteiger partial charge is 0.410 e. The number of ether oxygens (including phenoxy) is 2. The molecular weight excluding hydrogens is 260 g/mol. The van der Waals surface area contributed by atoms with Crippen LogP contribution >= 0.6 is 0 Å². The average Bonchev–Trinajstić information content (AvgIpc) is 2.79. The molecule has 0 aliphatic carbocycles. The summed E-state index contributed by atoms with van der Waals surface area (Å²) >= 11 is 0. The van der Waals surface area contributed by atoms with Gasteiger partial charge in [0, 0.05) is 13.6 Å². The lowest BCUT2D eigenvalue weighted by atomic mass is 10.00. The van der Waals surface area contributed by atoms with Crippen LogP contribution in [0.1, 0.15) is 40.5 Å². The molecule has 116 valence electrons. The second-order valence-electron chi connectivity index (χ2n) is 6.15. The Balaban J connectivity index is 2.58. The first-order chi connectivity index (χ1) is 9.21. The van der Waals surface area contributed by atoms with Crippen LogP contribution in [0.25, 0.3) is 0 Å². The van der Waals surface area contributed by atoms with Gasteiger partial charge in [0.15, 0.2) is 0 Å². The third kappa shape index (κ3) is 4.67. The van der Waals surface area contributed by atoms with Crippen molar-refractivity contribution in [3.8, 4) is 0 Å². The van der Waals surface area contributed by atoms with E-state index in [1.54, 1.807) is 11.9 Å². The Morgan fingerprint density at radius 1 is 1.35 bits per heavy atom. The van der Waals surface area contributed by atoms with E-state index in [9.17, 15) is 9.59 Å². The summed E-state index contributed by atoms with van der Waals surface area (Å²) in [6.45, 7) is 8.61. The number of carbonyl (C=O) groups is 2. The van der Waals surface area contributed by atoms with Crippen LogP contribution in [0.3, 0.4) is 0 Å². The van der Waals surface area contributed by atoms with E-state index in [0.717, 1.165) is 12.8 Å². The molecule has 1 atom stereocenters. The van der Waals surface area contributed by atoms with Crippen molar-refractivity contribution in [2.45, 2.75) is 51.7 Å². The van der Waals surface area contributed by atoms with Gasteiger partial charge < -0.3 is 19.7 Å². The highest BCUT2D eigenvalue weighted by Crippen LogP contribution is 2.29. The van der Waals surface area contributed by atoms with Crippen LogP contribution in [0.5, 0.6) is 0 Å². The SMILES string of the molecule is CCC1(OCC(=O)NC)CCN(C(=O)OC(C)(C)C)C1. The van der Waals surface area contributed by atoms with Crippen molar-refractivity contribution in [1.29, 1.82) is 0 Å². The number of likely N-dealkylation sites (tertiary alicyclic amines) is 1. The molecule has 1 saturated heterocycles. The van der Waals surface area contributed by atoms with Gasteiger partial charge in [0.2, 0.25) is 5.91 Å². The second kappa shape index (κ2) is 6.43. The third-order valence-electron chi connectivity index (χ3n) is 3.40. The minimum Gasteiger partial charge on any atom is -0.444 e. The van der Waals surface area contributed by atoms with E-state index < -0.39 is 11.2 Å². The Morgan fingerprint density at radius 3 is 2.50 bits per heavy atom. The Hall–Kier alpha value is -1.30. The fourth-order valence-corrected chi connectivity index (χ4v) is 2.13. The molecule has 6 nitrogen and oxygen atoms in total. The van der Waals surface area contributed by atoms with E-state index in [0.29, 0.717) is 13.1 Å². The predicted octanol–water partition coefficient (Wildman–Crippen LogP) is 1.54. The molecule has 2 amide bonds. The van der Waals surface area contributed by atoms with Crippen molar-refractivity contribution in [1.82, 2.24) is 10.2 Å². The molecule has 1 aliphatic heterocycles. The monoisotopic (exact) mass is 286 g/mol. The molecule has 6 heteroatoms. The van der Waals surface area contributed by atoms with Crippen LogP contribution in [0.15, 0.2) is 0 Å². The summed E-state index contributed by atoms with van der Waals surface area (Å²) in [7, 11) is 1.58. The number of likely N-dealkylation sites (N-methyl/N-ethyl adjacent to an activating group) is 1. The van der Waals surface area contributed by atoms with Crippen LogP contribution in [0, 0.1) is 0 Å². The number of nitrogens with zero attached hydrogens (tertiary/aromatic N) is 1. The van der Waals surface area contributed by atoms with E-state index in [1.807, 2.05) is 27.7 Å². The van der Waals surface area contributed by atoms with Gasteiger partial charge in [-0.25, -0.2) is 4.79 Å². The number of hydrogen-bond acceptors (Lipinski definition) is 4. The van der Waals surface area contributed by atoms with Gasteiger partial charge >= 0.3 is 6.09 Å². The second-order valence-corrected chi connectivity index (χ2v) is 6.15. The number of rotatable bonds is 4. The van der Waals surface area contributed by atoms with Crippen molar-refractivity contribution in [2.24, 2.45) is 0 Å². The van der Waals surface area contributed by atoms with Gasteiger partial charge in [-0.2, -0.15) is 0 Å². The topological polar surface area (TPSA) is 67.9 Å². The molecule has 0 saturated carbocycles. The Labute approximate surface area is 120 Å². The number of carbonyl (C=O) groups excluding carboxylic acids is 2. The zero-order valence-electron chi connectivity index (χ0n) is 13.1. The molecule has 1 aliphatic rings. The van der Waals surface area contributed by atoms with Crippen LogP contribution < -0.4 is 5.32 Å². The quantitative estimate of drug-likeness (QED) is 0.851. The van der Waals surface area contributed by atoms with Crippen molar-refractivity contribution in [3.05, 3.63) is 0 Å². The molecule has 0 aromatic carbocycles. The predicted molar refractivity (Wildman–Crippen MR) is 75.5 cm³/mol. The van der Waals surface area contributed by atoms with Crippen molar-refractivity contribution < 1.29 is 19.1 Å². The lowest BCUT2D eigenvalue weighted by Crippen LogP contribution is -2.41. The highest BCUT2D eigenvalue weighted by atomic mass is 16.6. The fourth-order valence-electron chi connectivity index (χ4n) is 2.13. The average molecular weight is 286 g/mol. The molecule has 1 unspecified atom stereocenters. The summed E-state index contributed by atoms with van der Waals surface area (Å²) in [4.78, 5) is 25.0. The number of nitrogens with one attached hydrogen (secondary N) is 1. The molecule has 1 rings (SSSR count). The molecule has 1 N–H and O–H groups in total. The van der Waals surface area contributed by atoms with Gasteiger partial charge in [0.1, 0.15) is 12.2 Å². The van der Waals surface area contributed by atoms with Gasteiger partial charge in [0.05, 0.1) is 12.1 Å². The van der Waals surface area contributed by atoms with Gasteiger partial charge in [-0.15, -0.1) is 0 Å². The van der Waals surface area contributed by atoms with Gasteiger partial charge in [0.25, 0.3) is 0 Å². The molecule has 0 aromatic rings. The van der Waals surface area contributed by atoms with Crippen LogP contribution in [0.2, 0.25) is 0 Å². The first-order valence-electron chi connectivity index (χ1n) is 7.04. The summed E-state index contributed by atoms with van der Waals surface area (Å²) < 4.78 is 11.1. The first-order valence-corrected chi connectivity index (χ1v) is 7.04. The summed E-state index contributed by atoms with van der Waals surface area (Å²) in [6.07, 6.45) is 1.15. The lowest BCUT2D eigenvalue weighted by Gasteiger charge is -2.29. The normalized spacial score (nSPS) is 22.8.